The lowest BCUT2D eigenvalue weighted by Gasteiger charge is -2.35. The van der Waals surface area contributed by atoms with E-state index in [1.807, 2.05) is 0 Å². The van der Waals surface area contributed by atoms with E-state index in [1.54, 1.807) is 18.2 Å². The van der Waals surface area contributed by atoms with Crippen LogP contribution < -0.4 is 4.74 Å². The number of rotatable bonds is 5. The summed E-state index contributed by atoms with van der Waals surface area (Å²) >= 11 is 0. The molecular formula is C16H24FNO2. The van der Waals surface area contributed by atoms with Gasteiger partial charge in [0.2, 0.25) is 0 Å². The predicted molar refractivity (Wildman–Crippen MR) is 77.3 cm³/mol. The van der Waals surface area contributed by atoms with Crippen LogP contribution in [0.3, 0.4) is 0 Å². The average molecular weight is 281 g/mol. The molecule has 0 aliphatic carbocycles. The number of aliphatic hydroxyl groups is 1. The smallest absolute Gasteiger partial charge is 0.165 e. The molecule has 1 aromatic carbocycles. The van der Waals surface area contributed by atoms with Gasteiger partial charge in [-0.1, -0.05) is 26.0 Å². The molecule has 4 heteroatoms. The topological polar surface area (TPSA) is 32.7 Å². The molecule has 3 nitrogen and oxygen atoms in total. The molecule has 2 rings (SSSR count). The third-order valence-electron chi connectivity index (χ3n) is 3.68. The minimum atomic E-state index is -0.591. The van der Waals surface area contributed by atoms with Gasteiger partial charge in [0.05, 0.1) is 0 Å². The van der Waals surface area contributed by atoms with Gasteiger partial charge < -0.3 is 14.7 Å². The molecule has 1 aliphatic heterocycles. The number of likely N-dealkylation sites (tertiary alicyclic amines) is 1. The number of para-hydroxylation sites is 1. The van der Waals surface area contributed by atoms with Crippen molar-refractivity contribution in [2.45, 2.75) is 26.4 Å². The summed E-state index contributed by atoms with van der Waals surface area (Å²) in [4.78, 5) is 2.27. The molecule has 0 bridgehead atoms. The zero-order valence-corrected chi connectivity index (χ0v) is 12.3. The van der Waals surface area contributed by atoms with Crippen LogP contribution >= 0.6 is 0 Å². The van der Waals surface area contributed by atoms with Crippen molar-refractivity contribution in [1.29, 1.82) is 0 Å². The normalized spacial score (nSPS) is 25.4. The summed E-state index contributed by atoms with van der Waals surface area (Å²) in [5.41, 5.74) is 0. The Labute approximate surface area is 120 Å². The molecule has 20 heavy (non-hydrogen) atoms. The average Bonchev–Trinajstić information content (AvgIpc) is 2.36. The maximum Gasteiger partial charge on any atom is 0.165 e. The molecule has 0 unspecified atom stereocenters. The number of piperidine rings is 1. The Bertz CT molecular complexity index is 417. The Kier molecular flexibility index (Phi) is 5.38. The van der Waals surface area contributed by atoms with Crippen molar-refractivity contribution in [3.8, 4) is 5.75 Å². The molecule has 1 aliphatic rings. The third kappa shape index (κ3) is 4.46. The molecule has 0 aromatic heterocycles. The first-order chi connectivity index (χ1) is 9.54. The maximum atomic E-state index is 13.4. The summed E-state index contributed by atoms with van der Waals surface area (Å²) in [7, 11) is 0. The van der Waals surface area contributed by atoms with Crippen LogP contribution in [0.15, 0.2) is 24.3 Å². The molecule has 1 aromatic rings. The summed E-state index contributed by atoms with van der Waals surface area (Å²) < 4.78 is 18.7. The lowest BCUT2D eigenvalue weighted by molar-refractivity contribution is 0.0420. The number of β-amino-alcohol motifs (C(OH)–C–C–N with tert-alkyl or cyclic N) is 1. The van der Waals surface area contributed by atoms with E-state index < -0.39 is 6.10 Å². The van der Waals surface area contributed by atoms with Crippen LogP contribution in [0.5, 0.6) is 5.75 Å². The fourth-order valence-corrected chi connectivity index (χ4v) is 3.04. The molecule has 0 amide bonds. The highest BCUT2D eigenvalue weighted by Gasteiger charge is 2.23. The first-order valence-electron chi connectivity index (χ1n) is 7.32. The fourth-order valence-electron chi connectivity index (χ4n) is 3.04. The third-order valence-corrected chi connectivity index (χ3v) is 3.68. The lowest BCUT2D eigenvalue weighted by atomic mass is 9.92. The van der Waals surface area contributed by atoms with E-state index in [0.717, 1.165) is 13.1 Å². The number of halogens is 1. The monoisotopic (exact) mass is 281 g/mol. The van der Waals surface area contributed by atoms with Gasteiger partial charge >= 0.3 is 0 Å². The largest absolute Gasteiger partial charge is 0.488 e. The highest BCUT2D eigenvalue weighted by Crippen LogP contribution is 2.21. The molecule has 1 heterocycles. The summed E-state index contributed by atoms with van der Waals surface area (Å²) in [5.74, 6) is 1.14. The van der Waals surface area contributed by atoms with Crippen molar-refractivity contribution in [2.24, 2.45) is 11.8 Å². The number of hydrogen-bond acceptors (Lipinski definition) is 3. The number of aliphatic hydroxyl groups excluding tert-OH is 1. The van der Waals surface area contributed by atoms with E-state index in [4.69, 9.17) is 4.74 Å². The number of hydrogen-bond donors (Lipinski definition) is 1. The lowest BCUT2D eigenvalue weighted by Crippen LogP contribution is -2.44. The number of ether oxygens (including phenoxy) is 1. The van der Waals surface area contributed by atoms with Gasteiger partial charge in [-0.15, -0.1) is 0 Å². The SMILES string of the molecule is C[C@@H]1C[C@@H](C)CN(C[C@@H](O)COc2ccccc2F)C1. The van der Waals surface area contributed by atoms with E-state index in [9.17, 15) is 9.50 Å². The van der Waals surface area contributed by atoms with E-state index in [1.165, 1.54) is 12.5 Å². The van der Waals surface area contributed by atoms with Crippen LogP contribution in [0.2, 0.25) is 0 Å². The second-order valence-corrected chi connectivity index (χ2v) is 6.06. The van der Waals surface area contributed by atoms with Crippen LogP contribution in [-0.4, -0.2) is 42.4 Å². The summed E-state index contributed by atoms with van der Waals surface area (Å²) in [6, 6.07) is 6.27. The predicted octanol–water partition coefficient (Wildman–Crippen LogP) is 2.54. The fraction of sp³-hybridized carbons (Fsp3) is 0.625. The van der Waals surface area contributed by atoms with Gasteiger partial charge in [-0.05, 0) is 30.4 Å². The van der Waals surface area contributed by atoms with Gasteiger partial charge in [0.1, 0.15) is 12.7 Å². The van der Waals surface area contributed by atoms with Crippen LogP contribution in [0.25, 0.3) is 0 Å². The summed E-state index contributed by atoms with van der Waals surface area (Å²) in [5, 5.41) is 10.0. The molecule has 1 saturated heterocycles. The van der Waals surface area contributed by atoms with Crippen molar-refractivity contribution in [2.75, 3.05) is 26.2 Å². The molecule has 1 fully saturated rings. The van der Waals surface area contributed by atoms with Crippen molar-refractivity contribution in [3.63, 3.8) is 0 Å². The standard InChI is InChI=1S/C16H24FNO2/c1-12-7-13(2)9-18(8-12)10-14(19)11-20-16-6-4-3-5-15(16)17/h3-6,12-14,19H,7-11H2,1-2H3/t12-,13-,14-/m1/s1. The van der Waals surface area contributed by atoms with E-state index in [2.05, 4.69) is 18.7 Å². The van der Waals surface area contributed by atoms with Gasteiger partial charge in [0.15, 0.2) is 11.6 Å². The zero-order valence-electron chi connectivity index (χ0n) is 12.3. The van der Waals surface area contributed by atoms with Crippen molar-refractivity contribution < 1.29 is 14.2 Å². The summed E-state index contributed by atoms with van der Waals surface area (Å²) in [6.07, 6.45) is 0.658. The molecule has 3 atom stereocenters. The van der Waals surface area contributed by atoms with E-state index in [0.29, 0.717) is 18.4 Å². The highest BCUT2D eigenvalue weighted by molar-refractivity contribution is 5.23. The molecule has 1 N–H and O–H groups in total. The first-order valence-corrected chi connectivity index (χ1v) is 7.32. The van der Waals surface area contributed by atoms with E-state index in [-0.39, 0.29) is 18.2 Å². The van der Waals surface area contributed by atoms with E-state index >= 15 is 0 Å². The second kappa shape index (κ2) is 7.04. The van der Waals surface area contributed by atoms with Gasteiger partial charge in [-0.25, -0.2) is 4.39 Å². The van der Waals surface area contributed by atoms with Crippen LogP contribution in [-0.2, 0) is 0 Å². The Hall–Kier alpha value is -1.13. The van der Waals surface area contributed by atoms with Crippen molar-refractivity contribution in [1.82, 2.24) is 4.90 Å². The molecule has 0 radical (unpaired) electrons. The van der Waals surface area contributed by atoms with Gasteiger partial charge in [-0.3, -0.25) is 0 Å². The Morgan fingerprint density at radius 3 is 2.60 bits per heavy atom. The highest BCUT2D eigenvalue weighted by atomic mass is 19.1. The first kappa shape index (κ1) is 15.3. The summed E-state index contributed by atoms with van der Waals surface area (Å²) in [6.45, 7) is 7.22. The Balaban J connectivity index is 1.78. The minimum absolute atomic E-state index is 0.125. The van der Waals surface area contributed by atoms with Gasteiger partial charge in [-0.2, -0.15) is 0 Å². The molecule has 0 spiro atoms. The molecule has 112 valence electrons. The van der Waals surface area contributed by atoms with Crippen molar-refractivity contribution >= 4 is 0 Å². The zero-order chi connectivity index (χ0) is 14.5. The number of nitrogens with zero attached hydrogens (tertiary/aromatic N) is 1. The van der Waals surface area contributed by atoms with Gasteiger partial charge in [0, 0.05) is 19.6 Å². The minimum Gasteiger partial charge on any atom is -0.488 e. The quantitative estimate of drug-likeness (QED) is 0.900. The maximum absolute atomic E-state index is 13.4. The van der Waals surface area contributed by atoms with Crippen LogP contribution in [0.4, 0.5) is 4.39 Å². The van der Waals surface area contributed by atoms with Crippen molar-refractivity contribution in [3.05, 3.63) is 30.1 Å². The second-order valence-electron chi connectivity index (χ2n) is 6.06. The Morgan fingerprint density at radius 2 is 1.95 bits per heavy atom. The molecular weight excluding hydrogens is 257 g/mol. The Morgan fingerprint density at radius 1 is 1.30 bits per heavy atom. The molecule has 0 saturated carbocycles. The van der Waals surface area contributed by atoms with Crippen LogP contribution in [0, 0.1) is 17.7 Å². The number of benzene rings is 1. The van der Waals surface area contributed by atoms with Gasteiger partial charge in [0.25, 0.3) is 0 Å². The van der Waals surface area contributed by atoms with Crippen LogP contribution in [0.1, 0.15) is 20.3 Å².